The van der Waals surface area contributed by atoms with Crippen LogP contribution < -0.4 is 5.32 Å². The molecule has 0 saturated heterocycles. The molecule has 6 nitrogen and oxygen atoms in total. The van der Waals surface area contributed by atoms with Crippen molar-refractivity contribution in [2.24, 2.45) is 0 Å². The van der Waals surface area contributed by atoms with Crippen LogP contribution in [0.4, 0.5) is 32.3 Å². The van der Waals surface area contributed by atoms with Gasteiger partial charge in [-0.2, -0.15) is 26.3 Å². The van der Waals surface area contributed by atoms with Crippen LogP contribution in [0.15, 0.2) is 30.7 Å². The van der Waals surface area contributed by atoms with Gasteiger partial charge in [0.25, 0.3) is 0 Å². The van der Waals surface area contributed by atoms with Gasteiger partial charge < -0.3 is 10.4 Å². The summed E-state index contributed by atoms with van der Waals surface area (Å²) >= 11 is 0. The van der Waals surface area contributed by atoms with Gasteiger partial charge in [-0.15, -0.1) is 10.2 Å². The van der Waals surface area contributed by atoms with Crippen molar-refractivity contribution in [2.75, 3.05) is 5.32 Å². The highest BCUT2D eigenvalue weighted by atomic mass is 19.4. The highest BCUT2D eigenvalue weighted by Gasteiger charge is 2.35. The lowest BCUT2D eigenvalue weighted by Crippen LogP contribution is -2.31. The minimum atomic E-state index is -4.78. The molecule has 1 aliphatic carbocycles. The lowest BCUT2D eigenvalue weighted by Gasteiger charge is -2.27. The number of anilines is 1. The summed E-state index contributed by atoms with van der Waals surface area (Å²) < 4.78 is 80.1. The van der Waals surface area contributed by atoms with Crippen molar-refractivity contribution < 1.29 is 31.4 Å². The molecule has 4 rings (SSSR count). The zero-order chi connectivity index (χ0) is 23.1. The first-order valence-electron chi connectivity index (χ1n) is 9.92. The quantitative estimate of drug-likeness (QED) is 0.557. The average molecular weight is 459 g/mol. The summed E-state index contributed by atoms with van der Waals surface area (Å²) in [5.41, 5.74) is -1.55. The number of aromatic nitrogens is 4. The van der Waals surface area contributed by atoms with Gasteiger partial charge in [0.2, 0.25) is 5.95 Å². The van der Waals surface area contributed by atoms with Crippen molar-refractivity contribution in [1.82, 2.24) is 19.6 Å². The Hall–Kier alpha value is -2.89. The SMILES string of the molecule is O[C@H]1CCC[C@@H](Nc2nnc(-c3ccc(C(F)(F)F)cc3CC(F)(F)F)c3cncn23)C1. The summed E-state index contributed by atoms with van der Waals surface area (Å²) in [6.45, 7) is 0. The molecule has 1 saturated carbocycles. The molecule has 0 amide bonds. The predicted molar refractivity (Wildman–Crippen MR) is 103 cm³/mol. The van der Waals surface area contributed by atoms with E-state index in [9.17, 15) is 31.4 Å². The molecule has 0 bridgehead atoms. The topological polar surface area (TPSA) is 75.3 Å². The zero-order valence-electron chi connectivity index (χ0n) is 16.6. The van der Waals surface area contributed by atoms with Crippen LogP contribution in [0.5, 0.6) is 0 Å². The molecule has 1 fully saturated rings. The molecule has 2 atom stereocenters. The van der Waals surface area contributed by atoms with Crippen molar-refractivity contribution in [3.05, 3.63) is 41.9 Å². The summed E-state index contributed by atoms with van der Waals surface area (Å²) in [6.07, 6.45) is -5.90. The number of halogens is 6. The third kappa shape index (κ3) is 4.79. The van der Waals surface area contributed by atoms with Gasteiger partial charge in [-0.3, -0.25) is 4.40 Å². The second kappa shape index (κ2) is 8.23. The number of hydrogen-bond acceptors (Lipinski definition) is 5. The van der Waals surface area contributed by atoms with E-state index >= 15 is 0 Å². The van der Waals surface area contributed by atoms with Crippen molar-refractivity contribution in [2.45, 2.75) is 56.6 Å². The molecule has 0 spiro atoms. The highest BCUT2D eigenvalue weighted by Crippen LogP contribution is 2.36. The monoisotopic (exact) mass is 459 g/mol. The molecular weight excluding hydrogens is 440 g/mol. The van der Waals surface area contributed by atoms with E-state index in [4.69, 9.17) is 0 Å². The van der Waals surface area contributed by atoms with E-state index < -0.39 is 36.0 Å². The van der Waals surface area contributed by atoms with Crippen molar-refractivity contribution in [3.8, 4) is 11.3 Å². The summed E-state index contributed by atoms with van der Waals surface area (Å²) in [7, 11) is 0. The van der Waals surface area contributed by atoms with Crippen LogP contribution in [0.2, 0.25) is 0 Å². The van der Waals surface area contributed by atoms with Crippen molar-refractivity contribution >= 4 is 11.5 Å². The fraction of sp³-hybridized carbons (Fsp3) is 0.450. The van der Waals surface area contributed by atoms with Gasteiger partial charge in [-0.1, -0.05) is 6.07 Å². The lowest BCUT2D eigenvalue weighted by atomic mass is 9.93. The molecule has 2 heterocycles. The average Bonchev–Trinajstić information content (AvgIpc) is 3.17. The first-order chi connectivity index (χ1) is 15.0. The molecule has 172 valence electrons. The molecule has 0 radical (unpaired) electrons. The van der Waals surface area contributed by atoms with E-state index in [1.165, 1.54) is 16.9 Å². The van der Waals surface area contributed by atoms with Crippen molar-refractivity contribution in [3.63, 3.8) is 0 Å². The van der Waals surface area contributed by atoms with Gasteiger partial charge in [0, 0.05) is 11.6 Å². The van der Waals surface area contributed by atoms with Crippen LogP contribution in [0.25, 0.3) is 16.8 Å². The third-order valence-electron chi connectivity index (χ3n) is 5.41. The van der Waals surface area contributed by atoms with Gasteiger partial charge in [0.05, 0.1) is 29.8 Å². The Balaban J connectivity index is 1.76. The van der Waals surface area contributed by atoms with Crippen LogP contribution in [0.1, 0.15) is 36.8 Å². The number of nitrogens with zero attached hydrogens (tertiary/aromatic N) is 4. The minimum Gasteiger partial charge on any atom is -0.393 e. The highest BCUT2D eigenvalue weighted by molar-refractivity contribution is 5.79. The van der Waals surface area contributed by atoms with E-state index in [2.05, 4.69) is 20.5 Å². The van der Waals surface area contributed by atoms with E-state index in [-0.39, 0.29) is 23.2 Å². The Morgan fingerprint density at radius 1 is 1.09 bits per heavy atom. The maximum absolute atomic E-state index is 13.1. The number of hydrogen-bond donors (Lipinski definition) is 2. The van der Waals surface area contributed by atoms with Gasteiger partial charge in [0.15, 0.2) is 0 Å². The molecule has 2 N–H and O–H groups in total. The third-order valence-corrected chi connectivity index (χ3v) is 5.41. The summed E-state index contributed by atoms with van der Waals surface area (Å²) in [4.78, 5) is 4.01. The molecular formula is C20H19F6N5O. The number of nitrogens with one attached hydrogen (secondary N) is 1. The largest absolute Gasteiger partial charge is 0.416 e. The molecule has 32 heavy (non-hydrogen) atoms. The van der Waals surface area contributed by atoms with Gasteiger partial charge in [-0.25, -0.2) is 4.98 Å². The second-order valence-electron chi connectivity index (χ2n) is 7.84. The van der Waals surface area contributed by atoms with Crippen molar-refractivity contribution in [1.29, 1.82) is 0 Å². The lowest BCUT2D eigenvalue weighted by molar-refractivity contribution is -0.138. The number of benzene rings is 1. The van der Waals surface area contributed by atoms with Gasteiger partial charge in [-0.05, 0) is 43.4 Å². The normalized spacial score (nSPS) is 20.0. The number of aliphatic hydroxyl groups excluding tert-OH is 1. The standard InChI is InChI=1S/C20H19F6N5O/c21-19(22,23)8-11-6-12(20(24,25)26)4-5-15(11)17-16-9-27-10-31(16)18(30-29-17)28-13-2-1-3-14(32)7-13/h4-6,9-10,13-14,32H,1-3,7-8H2,(H,28,30)/t13-,14+/m1/s1. The Morgan fingerprint density at radius 2 is 1.88 bits per heavy atom. The summed E-state index contributed by atoms with van der Waals surface area (Å²) in [5.74, 6) is 0.282. The van der Waals surface area contributed by atoms with Crippen LogP contribution in [-0.2, 0) is 12.6 Å². The van der Waals surface area contributed by atoms with Crippen LogP contribution in [-0.4, -0.2) is 43.0 Å². The maximum atomic E-state index is 13.1. The number of rotatable bonds is 4. The molecule has 1 aliphatic rings. The van der Waals surface area contributed by atoms with E-state index in [1.54, 1.807) is 0 Å². The fourth-order valence-corrected chi connectivity index (χ4v) is 3.97. The zero-order valence-corrected chi connectivity index (χ0v) is 16.6. The maximum Gasteiger partial charge on any atom is 0.416 e. The fourth-order valence-electron chi connectivity index (χ4n) is 3.97. The van der Waals surface area contributed by atoms with E-state index in [0.717, 1.165) is 25.0 Å². The minimum absolute atomic E-state index is 0.00953. The van der Waals surface area contributed by atoms with Gasteiger partial charge >= 0.3 is 12.4 Å². The Morgan fingerprint density at radius 3 is 2.56 bits per heavy atom. The molecule has 12 heteroatoms. The molecule has 0 unspecified atom stereocenters. The number of imidazole rings is 1. The Bertz CT molecular complexity index is 1110. The van der Waals surface area contributed by atoms with E-state index in [1.807, 2.05) is 0 Å². The van der Waals surface area contributed by atoms with Crippen LogP contribution >= 0.6 is 0 Å². The van der Waals surface area contributed by atoms with E-state index in [0.29, 0.717) is 24.4 Å². The molecule has 3 aromatic rings. The first-order valence-corrected chi connectivity index (χ1v) is 9.92. The summed E-state index contributed by atoms with van der Waals surface area (Å²) in [5, 5.41) is 21.1. The molecule has 0 aliphatic heterocycles. The van der Waals surface area contributed by atoms with Gasteiger partial charge in [0.1, 0.15) is 12.0 Å². The predicted octanol–water partition coefficient (Wildman–Crippen LogP) is 4.63. The number of aliphatic hydroxyl groups is 1. The number of alkyl halides is 6. The second-order valence-corrected chi connectivity index (χ2v) is 7.84. The Labute approximate surface area is 178 Å². The van der Waals surface area contributed by atoms with Crippen LogP contribution in [0.3, 0.4) is 0 Å². The smallest absolute Gasteiger partial charge is 0.393 e. The number of fused-ring (bicyclic) bond motifs is 1. The first kappa shape index (κ1) is 22.3. The van der Waals surface area contributed by atoms with Crippen LogP contribution in [0, 0.1) is 0 Å². The molecule has 1 aromatic carbocycles. The summed E-state index contributed by atoms with van der Waals surface area (Å²) in [6, 6.07) is 2.12. The Kier molecular flexibility index (Phi) is 5.74. The molecule has 2 aromatic heterocycles.